The summed E-state index contributed by atoms with van der Waals surface area (Å²) in [6.07, 6.45) is 4.52. The molecule has 0 amide bonds. The Hall–Kier alpha value is -0.440. The smallest absolute Gasteiger partial charge is 0.282 e. The summed E-state index contributed by atoms with van der Waals surface area (Å²) >= 11 is 0. The quantitative estimate of drug-likeness (QED) is 0.112. The lowest BCUT2D eigenvalue weighted by molar-refractivity contribution is -0.358. The highest BCUT2D eigenvalue weighted by atomic mass is 16.9. The normalized spacial score (nSPS) is 36.3. The summed E-state index contributed by atoms with van der Waals surface area (Å²) in [5.41, 5.74) is 0. The predicted octanol–water partition coefficient (Wildman–Crippen LogP) is 6.13. The van der Waals surface area contributed by atoms with Crippen molar-refractivity contribution in [3.63, 3.8) is 0 Å². The van der Waals surface area contributed by atoms with Gasteiger partial charge in [0.15, 0.2) is 12.6 Å². The van der Waals surface area contributed by atoms with Gasteiger partial charge in [-0.05, 0) is 39.0 Å². The number of hydrogen-bond acceptors (Lipinski definition) is 11. The maximum Gasteiger partial charge on any atom is 0.282 e. The summed E-state index contributed by atoms with van der Waals surface area (Å²) in [6, 6.07) is 0. The van der Waals surface area contributed by atoms with Crippen molar-refractivity contribution in [2.75, 3.05) is 46.8 Å². The van der Waals surface area contributed by atoms with Crippen LogP contribution in [0.1, 0.15) is 113 Å². The van der Waals surface area contributed by atoms with Crippen molar-refractivity contribution < 1.29 is 52.1 Å². The molecule has 7 unspecified atom stereocenters. The van der Waals surface area contributed by atoms with Crippen LogP contribution in [-0.2, 0) is 52.1 Å². The van der Waals surface area contributed by atoms with Crippen molar-refractivity contribution in [3.8, 4) is 0 Å². The fourth-order valence-electron chi connectivity index (χ4n) is 5.91. The van der Waals surface area contributed by atoms with Crippen molar-refractivity contribution in [2.45, 2.75) is 180 Å². The van der Waals surface area contributed by atoms with Crippen LogP contribution < -0.4 is 0 Å². The molecule has 0 bridgehead atoms. The first kappa shape index (κ1) is 40.0. The average molecular weight is 663 g/mol. The van der Waals surface area contributed by atoms with E-state index in [9.17, 15) is 0 Å². The second-order valence-electron chi connectivity index (χ2n) is 12.8. The number of hydrogen-bond donors (Lipinski definition) is 0. The summed E-state index contributed by atoms with van der Waals surface area (Å²) in [5, 5.41) is 0. The molecular weight excluding hydrogens is 596 g/mol. The second kappa shape index (κ2) is 21.6. The van der Waals surface area contributed by atoms with Crippen LogP contribution in [0.3, 0.4) is 0 Å². The number of ether oxygens (including phenoxy) is 11. The van der Waals surface area contributed by atoms with Gasteiger partial charge in [-0.2, -0.15) is 0 Å². The van der Waals surface area contributed by atoms with Crippen LogP contribution in [0, 0.1) is 0 Å². The molecule has 0 aromatic rings. The Kier molecular flexibility index (Phi) is 18.8. The van der Waals surface area contributed by atoms with Gasteiger partial charge in [0, 0.05) is 47.1 Å². The lowest BCUT2D eigenvalue weighted by Crippen LogP contribution is -2.65. The third kappa shape index (κ3) is 11.6. The van der Waals surface area contributed by atoms with E-state index in [1.165, 1.54) is 0 Å². The first-order valence-corrected chi connectivity index (χ1v) is 18.3. The van der Waals surface area contributed by atoms with Gasteiger partial charge in [-0.3, -0.25) is 4.74 Å². The molecule has 11 heteroatoms. The lowest BCUT2D eigenvalue weighted by Gasteiger charge is -2.49. The third-order valence-electron chi connectivity index (χ3n) is 8.82. The highest BCUT2D eigenvalue weighted by Crippen LogP contribution is 2.41. The number of unbranched alkanes of at least 4 members (excludes halogenated alkanes) is 5. The lowest BCUT2D eigenvalue weighted by atomic mass is 9.96. The highest BCUT2D eigenvalue weighted by molar-refractivity contribution is 4.98. The molecule has 11 nitrogen and oxygen atoms in total. The van der Waals surface area contributed by atoms with Crippen LogP contribution in [0.5, 0.6) is 0 Å². The number of methoxy groups -OCH3 is 1. The highest BCUT2D eigenvalue weighted by Gasteiger charge is 2.59. The summed E-state index contributed by atoms with van der Waals surface area (Å²) in [5.74, 6) is -1.28. The van der Waals surface area contributed by atoms with Crippen molar-refractivity contribution in [3.05, 3.63) is 0 Å². The zero-order valence-corrected chi connectivity index (χ0v) is 30.1. The van der Waals surface area contributed by atoms with E-state index >= 15 is 0 Å². The fourth-order valence-corrected chi connectivity index (χ4v) is 5.91. The van der Waals surface area contributed by atoms with E-state index in [0.29, 0.717) is 39.6 Å². The molecule has 0 aliphatic carbocycles. The Morgan fingerprint density at radius 3 is 1.67 bits per heavy atom. The molecule has 3 saturated heterocycles. The molecule has 46 heavy (non-hydrogen) atoms. The Labute approximate surface area is 278 Å². The van der Waals surface area contributed by atoms with E-state index in [-0.39, 0.29) is 12.2 Å². The molecule has 3 aliphatic rings. The molecule has 3 fully saturated rings. The molecule has 0 radical (unpaired) electrons. The fraction of sp³-hybridized carbons (Fsp3) is 1.00. The van der Waals surface area contributed by atoms with Crippen molar-refractivity contribution in [2.24, 2.45) is 0 Å². The van der Waals surface area contributed by atoms with E-state index in [1.807, 2.05) is 6.92 Å². The summed E-state index contributed by atoms with van der Waals surface area (Å²) in [6.45, 7) is 17.8. The molecule has 11 atom stereocenters. The van der Waals surface area contributed by atoms with Gasteiger partial charge in [-0.25, -0.2) is 0 Å². The summed E-state index contributed by atoms with van der Waals surface area (Å²) < 4.78 is 70.5. The van der Waals surface area contributed by atoms with Gasteiger partial charge in [0.25, 0.3) is 5.97 Å². The second-order valence-corrected chi connectivity index (χ2v) is 12.8. The van der Waals surface area contributed by atoms with Gasteiger partial charge in [-0.15, -0.1) is 0 Å². The van der Waals surface area contributed by atoms with Crippen molar-refractivity contribution in [1.29, 1.82) is 0 Å². The maximum atomic E-state index is 7.01. The van der Waals surface area contributed by atoms with Gasteiger partial charge in [0.1, 0.15) is 42.7 Å². The molecule has 0 aromatic carbocycles. The molecule has 3 heterocycles. The minimum absolute atomic E-state index is 0.330. The maximum absolute atomic E-state index is 7.01. The molecule has 272 valence electrons. The molecule has 3 rings (SSSR count). The molecule has 3 aliphatic heterocycles. The topological polar surface area (TPSA) is 102 Å². The minimum Gasteiger partial charge on any atom is -0.379 e. The summed E-state index contributed by atoms with van der Waals surface area (Å²) in [4.78, 5) is 0. The van der Waals surface area contributed by atoms with Crippen LogP contribution in [0.2, 0.25) is 0 Å². The zero-order chi connectivity index (χ0) is 33.4. The van der Waals surface area contributed by atoms with Gasteiger partial charge in [0.05, 0.1) is 12.7 Å². The van der Waals surface area contributed by atoms with Gasteiger partial charge in [0.2, 0.25) is 0 Å². The third-order valence-corrected chi connectivity index (χ3v) is 8.82. The van der Waals surface area contributed by atoms with Crippen molar-refractivity contribution >= 4 is 0 Å². The van der Waals surface area contributed by atoms with Crippen LogP contribution in [0.25, 0.3) is 0 Å². The van der Waals surface area contributed by atoms with E-state index < -0.39 is 55.2 Å². The van der Waals surface area contributed by atoms with Crippen LogP contribution in [0.15, 0.2) is 0 Å². The van der Waals surface area contributed by atoms with Crippen LogP contribution in [-0.4, -0.2) is 114 Å². The molecular formula is C35H66O11. The van der Waals surface area contributed by atoms with Gasteiger partial charge >= 0.3 is 0 Å². The van der Waals surface area contributed by atoms with E-state index in [1.54, 1.807) is 14.0 Å². The Morgan fingerprint density at radius 1 is 0.587 bits per heavy atom. The predicted molar refractivity (Wildman–Crippen MR) is 174 cm³/mol. The van der Waals surface area contributed by atoms with E-state index in [2.05, 4.69) is 34.6 Å². The standard InChI is InChI=1S/C35H66O11/c1-9-14-19-37-24-26-28(39-21-16-11-3)29(40-22-17-12-4)31(41-23-18-13-5)33(43-26)44-30-27(38-20-15-10-2)25(6)42-34-32(30)45-35(7,36-8)46-34/h25-34H,9-24H2,1-8H3/t25?,26?,27-,28+,29?,30?,31?,32?,33+,34+,35?/m0/s1. The Morgan fingerprint density at radius 2 is 1.11 bits per heavy atom. The summed E-state index contributed by atoms with van der Waals surface area (Å²) in [7, 11) is 1.55. The Balaban J connectivity index is 1.97. The van der Waals surface area contributed by atoms with E-state index in [0.717, 1.165) is 64.2 Å². The van der Waals surface area contributed by atoms with E-state index in [4.69, 9.17) is 52.1 Å². The zero-order valence-electron chi connectivity index (χ0n) is 30.1. The average Bonchev–Trinajstić information content (AvgIpc) is 3.39. The van der Waals surface area contributed by atoms with Crippen molar-refractivity contribution in [1.82, 2.24) is 0 Å². The largest absolute Gasteiger partial charge is 0.379 e. The van der Waals surface area contributed by atoms with Gasteiger partial charge in [-0.1, -0.05) is 66.7 Å². The molecule has 0 aromatic heterocycles. The molecule has 0 saturated carbocycles. The van der Waals surface area contributed by atoms with Crippen LogP contribution >= 0.6 is 0 Å². The molecule has 0 spiro atoms. The monoisotopic (exact) mass is 662 g/mol. The SMILES string of the molecule is CCCCOCC1O[C@H](OC2C3OC(C)(OC)O[C@H]3OC(C)[C@@H]2OCCCC)C(OCCCC)C(OCCCC)[C@@H]1OCCCC. The Bertz CT molecular complexity index is 790. The number of rotatable bonds is 24. The first-order valence-electron chi connectivity index (χ1n) is 18.3. The van der Waals surface area contributed by atoms with Gasteiger partial charge < -0.3 is 47.4 Å². The molecule has 0 N–H and O–H groups in total. The van der Waals surface area contributed by atoms with Crippen LogP contribution in [0.4, 0.5) is 0 Å². The minimum atomic E-state index is -1.28. The number of fused-ring (bicyclic) bond motifs is 1. The first-order chi connectivity index (χ1) is 22.4.